The predicted molar refractivity (Wildman–Crippen MR) is 67.7 cm³/mol. The van der Waals surface area contributed by atoms with E-state index in [1.165, 1.54) is 12.1 Å². The smallest absolute Gasteiger partial charge is 0.322 e. The first-order valence-corrected chi connectivity index (χ1v) is 7.32. The average Bonchev–Trinajstić information content (AvgIpc) is 2.38. The SMILES string of the molecule is CCC(N)C(=O)OCCS(=O)(=O)c1ccccc1. The molecule has 2 N–H and O–H groups in total. The fourth-order valence-corrected chi connectivity index (χ4v) is 2.38. The molecule has 0 radical (unpaired) electrons. The first kappa shape index (κ1) is 14.7. The summed E-state index contributed by atoms with van der Waals surface area (Å²) < 4.78 is 28.5. The van der Waals surface area contributed by atoms with Gasteiger partial charge in [0.15, 0.2) is 9.84 Å². The van der Waals surface area contributed by atoms with Crippen molar-refractivity contribution in [2.75, 3.05) is 12.4 Å². The highest BCUT2D eigenvalue weighted by atomic mass is 32.2. The van der Waals surface area contributed by atoms with Gasteiger partial charge in [-0.15, -0.1) is 0 Å². The van der Waals surface area contributed by atoms with Gasteiger partial charge in [0, 0.05) is 0 Å². The minimum absolute atomic E-state index is 0.177. The Bertz CT molecular complexity index is 484. The van der Waals surface area contributed by atoms with Gasteiger partial charge in [0.2, 0.25) is 0 Å². The number of rotatable bonds is 6. The third kappa shape index (κ3) is 4.12. The monoisotopic (exact) mass is 271 g/mol. The summed E-state index contributed by atoms with van der Waals surface area (Å²) in [6.07, 6.45) is 0.463. The second-order valence-corrected chi connectivity index (χ2v) is 5.92. The molecular weight excluding hydrogens is 254 g/mol. The highest BCUT2D eigenvalue weighted by molar-refractivity contribution is 7.91. The molecule has 1 rings (SSSR count). The topological polar surface area (TPSA) is 86.5 Å². The van der Waals surface area contributed by atoms with E-state index in [2.05, 4.69) is 0 Å². The van der Waals surface area contributed by atoms with Crippen LogP contribution >= 0.6 is 0 Å². The van der Waals surface area contributed by atoms with Crippen molar-refractivity contribution in [1.29, 1.82) is 0 Å². The van der Waals surface area contributed by atoms with E-state index in [1.807, 2.05) is 0 Å². The molecule has 0 amide bonds. The molecule has 0 aliphatic rings. The lowest BCUT2D eigenvalue weighted by Gasteiger charge is -2.09. The molecule has 18 heavy (non-hydrogen) atoms. The van der Waals surface area contributed by atoms with Crippen LogP contribution in [-0.2, 0) is 19.4 Å². The summed E-state index contributed by atoms with van der Waals surface area (Å²) in [6.45, 7) is 1.58. The number of hydrogen-bond acceptors (Lipinski definition) is 5. The van der Waals surface area contributed by atoms with E-state index in [-0.39, 0.29) is 17.3 Å². The van der Waals surface area contributed by atoms with E-state index in [0.717, 1.165) is 0 Å². The van der Waals surface area contributed by atoms with Gasteiger partial charge in [-0.1, -0.05) is 25.1 Å². The maximum atomic E-state index is 11.8. The Labute approximate surface area is 107 Å². The first-order valence-electron chi connectivity index (χ1n) is 5.67. The Kier molecular flexibility index (Phi) is 5.30. The van der Waals surface area contributed by atoms with Crippen LogP contribution < -0.4 is 5.73 Å². The molecule has 0 heterocycles. The molecule has 0 fully saturated rings. The number of ether oxygens (including phenoxy) is 1. The van der Waals surface area contributed by atoms with Crippen molar-refractivity contribution in [2.24, 2.45) is 5.73 Å². The van der Waals surface area contributed by atoms with Crippen molar-refractivity contribution in [3.8, 4) is 0 Å². The number of hydrogen-bond donors (Lipinski definition) is 1. The first-order chi connectivity index (χ1) is 8.47. The van der Waals surface area contributed by atoms with Gasteiger partial charge in [-0.3, -0.25) is 4.79 Å². The Balaban J connectivity index is 2.52. The highest BCUT2D eigenvalue weighted by Crippen LogP contribution is 2.09. The summed E-state index contributed by atoms with van der Waals surface area (Å²) in [4.78, 5) is 11.5. The third-order valence-corrected chi connectivity index (χ3v) is 4.14. The standard InChI is InChI=1S/C12H17NO4S/c1-2-11(13)12(14)17-8-9-18(15,16)10-6-4-3-5-7-10/h3-7,11H,2,8-9,13H2,1H3. The minimum Gasteiger partial charge on any atom is -0.463 e. The minimum atomic E-state index is -3.41. The highest BCUT2D eigenvalue weighted by Gasteiger charge is 2.17. The van der Waals surface area contributed by atoms with Gasteiger partial charge in [0.1, 0.15) is 12.6 Å². The molecule has 1 atom stereocenters. The molecule has 6 heteroatoms. The van der Waals surface area contributed by atoms with E-state index in [1.54, 1.807) is 25.1 Å². The summed E-state index contributed by atoms with van der Waals surface area (Å²) in [7, 11) is -3.41. The maximum absolute atomic E-state index is 11.8. The van der Waals surface area contributed by atoms with E-state index in [9.17, 15) is 13.2 Å². The molecule has 1 aromatic carbocycles. The molecule has 1 aromatic rings. The molecular formula is C12H17NO4S. The molecule has 0 spiro atoms. The van der Waals surface area contributed by atoms with Crippen LogP contribution in [0.25, 0.3) is 0 Å². The lowest BCUT2D eigenvalue weighted by atomic mass is 10.2. The van der Waals surface area contributed by atoms with Crippen molar-refractivity contribution in [3.05, 3.63) is 30.3 Å². The number of sulfone groups is 1. The zero-order chi connectivity index (χ0) is 13.6. The van der Waals surface area contributed by atoms with Crippen molar-refractivity contribution in [1.82, 2.24) is 0 Å². The van der Waals surface area contributed by atoms with Crippen LogP contribution in [0.5, 0.6) is 0 Å². The summed E-state index contributed by atoms with van der Waals surface area (Å²) in [5.41, 5.74) is 5.45. The average molecular weight is 271 g/mol. The molecule has 0 saturated heterocycles. The lowest BCUT2D eigenvalue weighted by Crippen LogP contribution is -2.32. The zero-order valence-corrected chi connectivity index (χ0v) is 11.0. The number of benzene rings is 1. The number of carbonyl (C=O) groups excluding carboxylic acids is 1. The van der Waals surface area contributed by atoms with Crippen LogP contribution in [0.2, 0.25) is 0 Å². The van der Waals surface area contributed by atoms with E-state index >= 15 is 0 Å². The van der Waals surface area contributed by atoms with Gasteiger partial charge in [0.05, 0.1) is 10.6 Å². The van der Waals surface area contributed by atoms with Crippen molar-refractivity contribution < 1.29 is 17.9 Å². The Morgan fingerprint density at radius 1 is 1.33 bits per heavy atom. The summed E-state index contributed by atoms with van der Waals surface area (Å²) >= 11 is 0. The number of esters is 1. The summed E-state index contributed by atoms with van der Waals surface area (Å²) in [6, 6.07) is 7.35. The normalized spacial score (nSPS) is 13.0. The summed E-state index contributed by atoms with van der Waals surface area (Å²) in [5.74, 6) is -0.806. The summed E-state index contributed by atoms with van der Waals surface area (Å²) in [5, 5.41) is 0. The van der Waals surface area contributed by atoms with Gasteiger partial charge in [-0.05, 0) is 18.6 Å². The Hall–Kier alpha value is -1.40. The largest absolute Gasteiger partial charge is 0.463 e. The number of nitrogens with two attached hydrogens (primary N) is 1. The van der Waals surface area contributed by atoms with Gasteiger partial charge >= 0.3 is 5.97 Å². The molecule has 0 aliphatic carbocycles. The zero-order valence-electron chi connectivity index (χ0n) is 10.2. The van der Waals surface area contributed by atoms with Crippen molar-refractivity contribution in [3.63, 3.8) is 0 Å². The quantitative estimate of drug-likeness (QED) is 0.771. The van der Waals surface area contributed by atoms with E-state index < -0.39 is 21.8 Å². The molecule has 0 aliphatic heterocycles. The predicted octanol–water partition coefficient (Wildman–Crippen LogP) is 0.741. The maximum Gasteiger partial charge on any atom is 0.322 e. The Morgan fingerprint density at radius 2 is 1.94 bits per heavy atom. The van der Waals surface area contributed by atoms with Crippen LogP contribution in [-0.4, -0.2) is 32.8 Å². The van der Waals surface area contributed by atoms with E-state index in [4.69, 9.17) is 10.5 Å². The fraction of sp³-hybridized carbons (Fsp3) is 0.417. The molecule has 100 valence electrons. The van der Waals surface area contributed by atoms with Gasteiger partial charge in [-0.2, -0.15) is 0 Å². The second kappa shape index (κ2) is 6.51. The van der Waals surface area contributed by atoms with Crippen LogP contribution in [0.15, 0.2) is 35.2 Å². The van der Waals surface area contributed by atoms with Gasteiger partial charge in [0.25, 0.3) is 0 Å². The molecule has 0 aromatic heterocycles. The van der Waals surface area contributed by atoms with Gasteiger partial charge in [-0.25, -0.2) is 8.42 Å². The fourth-order valence-electron chi connectivity index (χ4n) is 1.27. The van der Waals surface area contributed by atoms with Crippen molar-refractivity contribution >= 4 is 15.8 Å². The molecule has 0 bridgehead atoms. The number of carbonyl (C=O) groups is 1. The van der Waals surface area contributed by atoms with Crippen LogP contribution in [0.3, 0.4) is 0 Å². The molecule has 1 unspecified atom stereocenters. The molecule has 5 nitrogen and oxygen atoms in total. The van der Waals surface area contributed by atoms with Gasteiger partial charge < -0.3 is 10.5 Å². The van der Waals surface area contributed by atoms with E-state index in [0.29, 0.717) is 6.42 Å². The molecule has 0 saturated carbocycles. The lowest BCUT2D eigenvalue weighted by molar-refractivity contribution is -0.144. The Morgan fingerprint density at radius 3 is 2.50 bits per heavy atom. The van der Waals surface area contributed by atoms with Crippen LogP contribution in [0.4, 0.5) is 0 Å². The second-order valence-electron chi connectivity index (χ2n) is 3.81. The van der Waals surface area contributed by atoms with Crippen LogP contribution in [0.1, 0.15) is 13.3 Å². The third-order valence-electron chi connectivity index (χ3n) is 2.44. The van der Waals surface area contributed by atoms with Crippen molar-refractivity contribution in [2.45, 2.75) is 24.3 Å². The van der Waals surface area contributed by atoms with Crippen LogP contribution in [0, 0.1) is 0 Å².